The highest BCUT2D eigenvalue weighted by molar-refractivity contribution is 5.69. The van der Waals surface area contributed by atoms with Gasteiger partial charge in [-0.1, -0.05) is 42.0 Å². The Morgan fingerprint density at radius 1 is 0.950 bits per heavy atom. The Hall–Kier alpha value is -2.55. The van der Waals surface area contributed by atoms with Crippen molar-refractivity contribution in [2.45, 2.75) is 13.8 Å². The Kier molecular flexibility index (Phi) is 3.03. The van der Waals surface area contributed by atoms with E-state index in [2.05, 4.69) is 5.10 Å². The van der Waals surface area contributed by atoms with E-state index < -0.39 is 0 Å². The lowest BCUT2D eigenvalue weighted by atomic mass is 10.1. The molecule has 0 fully saturated rings. The summed E-state index contributed by atoms with van der Waals surface area (Å²) >= 11 is 0. The van der Waals surface area contributed by atoms with Crippen LogP contribution in [0.1, 0.15) is 11.1 Å². The second-order valence-electron chi connectivity index (χ2n) is 4.96. The molecule has 0 aliphatic rings. The molecule has 1 aromatic heterocycles. The molecule has 0 saturated carbocycles. The van der Waals surface area contributed by atoms with Crippen LogP contribution in [0.25, 0.3) is 16.9 Å². The fourth-order valence-corrected chi connectivity index (χ4v) is 2.23. The van der Waals surface area contributed by atoms with Crippen molar-refractivity contribution in [1.29, 1.82) is 0 Å². The molecule has 0 radical (unpaired) electrons. The molecule has 3 rings (SSSR count). The molecule has 0 aliphatic heterocycles. The first-order chi connectivity index (χ1) is 9.65. The lowest BCUT2D eigenvalue weighted by molar-refractivity contribution is 0.477. The molecule has 0 unspecified atom stereocenters. The van der Waals surface area contributed by atoms with Gasteiger partial charge in [0.05, 0.1) is 11.9 Å². The molecule has 0 aliphatic carbocycles. The summed E-state index contributed by atoms with van der Waals surface area (Å²) in [6.07, 6.45) is 1.65. The van der Waals surface area contributed by atoms with Crippen LogP contribution in [0.3, 0.4) is 0 Å². The fourth-order valence-electron chi connectivity index (χ4n) is 2.23. The molecule has 1 N–H and O–H groups in total. The van der Waals surface area contributed by atoms with Gasteiger partial charge in [0.2, 0.25) is 0 Å². The summed E-state index contributed by atoms with van der Waals surface area (Å²) in [4.78, 5) is 0. The van der Waals surface area contributed by atoms with Crippen molar-refractivity contribution in [3.05, 3.63) is 65.9 Å². The predicted molar refractivity (Wildman–Crippen MR) is 80.1 cm³/mol. The summed E-state index contributed by atoms with van der Waals surface area (Å²) < 4.78 is 1.70. The maximum atomic E-state index is 10.1. The van der Waals surface area contributed by atoms with Crippen LogP contribution in [0, 0.1) is 13.8 Å². The minimum atomic E-state index is 0.194. The van der Waals surface area contributed by atoms with Crippen molar-refractivity contribution in [3.63, 3.8) is 0 Å². The minimum Gasteiger partial charge on any atom is -0.504 e. The Balaban J connectivity index is 2.08. The van der Waals surface area contributed by atoms with Gasteiger partial charge in [-0.3, -0.25) is 0 Å². The van der Waals surface area contributed by atoms with Crippen LogP contribution in [0.4, 0.5) is 0 Å². The second-order valence-corrected chi connectivity index (χ2v) is 4.96. The SMILES string of the molecule is Cc1ccc(-n2cc(O)c(-c3ccccc3C)n2)cc1. The summed E-state index contributed by atoms with van der Waals surface area (Å²) in [7, 11) is 0. The van der Waals surface area contributed by atoms with Crippen LogP contribution in [0.2, 0.25) is 0 Å². The predicted octanol–water partition coefficient (Wildman–Crippen LogP) is 3.86. The molecular formula is C17H16N2O. The summed E-state index contributed by atoms with van der Waals surface area (Å²) in [5.41, 5.74) is 4.80. The van der Waals surface area contributed by atoms with Gasteiger partial charge in [-0.2, -0.15) is 5.10 Å². The van der Waals surface area contributed by atoms with Crippen LogP contribution in [-0.4, -0.2) is 14.9 Å². The van der Waals surface area contributed by atoms with Crippen molar-refractivity contribution in [3.8, 4) is 22.7 Å². The zero-order chi connectivity index (χ0) is 14.1. The maximum Gasteiger partial charge on any atom is 0.162 e. The van der Waals surface area contributed by atoms with E-state index in [-0.39, 0.29) is 5.75 Å². The third-order valence-corrected chi connectivity index (χ3v) is 3.39. The number of nitrogens with zero attached hydrogens (tertiary/aromatic N) is 2. The van der Waals surface area contributed by atoms with Crippen LogP contribution < -0.4 is 0 Å². The Morgan fingerprint density at radius 2 is 1.65 bits per heavy atom. The highest BCUT2D eigenvalue weighted by Gasteiger charge is 2.12. The van der Waals surface area contributed by atoms with E-state index in [1.807, 2.05) is 62.4 Å². The molecule has 0 spiro atoms. The van der Waals surface area contributed by atoms with E-state index in [9.17, 15) is 5.11 Å². The molecule has 100 valence electrons. The zero-order valence-corrected chi connectivity index (χ0v) is 11.5. The monoisotopic (exact) mass is 264 g/mol. The molecule has 3 aromatic rings. The van der Waals surface area contributed by atoms with Gasteiger partial charge in [0.1, 0.15) is 5.69 Å². The molecule has 2 aromatic carbocycles. The van der Waals surface area contributed by atoms with Gasteiger partial charge in [-0.15, -0.1) is 0 Å². The van der Waals surface area contributed by atoms with Gasteiger partial charge in [0.15, 0.2) is 5.75 Å². The van der Waals surface area contributed by atoms with Crippen molar-refractivity contribution < 1.29 is 5.11 Å². The molecule has 3 heteroatoms. The number of benzene rings is 2. The lowest BCUT2D eigenvalue weighted by Crippen LogP contribution is -1.95. The standard InChI is InChI=1S/C17H16N2O/c1-12-7-9-14(10-8-12)19-11-16(20)17(18-19)15-6-4-3-5-13(15)2/h3-11,20H,1-2H3. The fraction of sp³-hybridized carbons (Fsp3) is 0.118. The number of aromatic nitrogens is 2. The Morgan fingerprint density at radius 3 is 2.35 bits per heavy atom. The first-order valence-corrected chi connectivity index (χ1v) is 6.57. The van der Waals surface area contributed by atoms with Crippen molar-refractivity contribution in [2.75, 3.05) is 0 Å². The van der Waals surface area contributed by atoms with Crippen molar-refractivity contribution in [1.82, 2.24) is 9.78 Å². The first-order valence-electron chi connectivity index (χ1n) is 6.57. The minimum absolute atomic E-state index is 0.194. The number of aryl methyl sites for hydroxylation is 2. The number of rotatable bonds is 2. The molecule has 0 atom stereocenters. The van der Waals surface area contributed by atoms with Crippen LogP contribution >= 0.6 is 0 Å². The average Bonchev–Trinajstić information content (AvgIpc) is 2.82. The van der Waals surface area contributed by atoms with E-state index >= 15 is 0 Å². The largest absolute Gasteiger partial charge is 0.504 e. The number of aromatic hydroxyl groups is 1. The average molecular weight is 264 g/mol. The maximum absolute atomic E-state index is 10.1. The molecule has 0 saturated heterocycles. The van der Waals surface area contributed by atoms with Crippen molar-refractivity contribution >= 4 is 0 Å². The summed E-state index contributed by atoms with van der Waals surface area (Å²) in [5.74, 6) is 0.194. The second kappa shape index (κ2) is 4.85. The topological polar surface area (TPSA) is 38.0 Å². The molecule has 3 nitrogen and oxygen atoms in total. The third kappa shape index (κ3) is 2.18. The Bertz CT molecular complexity index is 742. The van der Waals surface area contributed by atoms with Gasteiger partial charge in [-0.25, -0.2) is 4.68 Å². The molecular weight excluding hydrogens is 248 g/mol. The van der Waals surface area contributed by atoms with E-state index in [0.29, 0.717) is 5.69 Å². The van der Waals surface area contributed by atoms with E-state index in [4.69, 9.17) is 0 Å². The van der Waals surface area contributed by atoms with Crippen molar-refractivity contribution in [2.24, 2.45) is 0 Å². The highest BCUT2D eigenvalue weighted by Crippen LogP contribution is 2.30. The van der Waals surface area contributed by atoms with Gasteiger partial charge in [0, 0.05) is 5.56 Å². The summed E-state index contributed by atoms with van der Waals surface area (Å²) in [6.45, 7) is 4.06. The molecule has 0 amide bonds. The van der Waals surface area contributed by atoms with E-state index in [1.165, 1.54) is 5.56 Å². The first kappa shape index (κ1) is 12.5. The smallest absolute Gasteiger partial charge is 0.162 e. The quantitative estimate of drug-likeness (QED) is 0.763. The molecule has 1 heterocycles. The van der Waals surface area contributed by atoms with E-state index in [0.717, 1.165) is 16.8 Å². The zero-order valence-electron chi connectivity index (χ0n) is 11.5. The number of hydrogen-bond donors (Lipinski definition) is 1. The Labute approximate surface area is 118 Å². The van der Waals surface area contributed by atoms with Gasteiger partial charge in [0.25, 0.3) is 0 Å². The highest BCUT2D eigenvalue weighted by atomic mass is 16.3. The van der Waals surface area contributed by atoms with Gasteiger partial charge >= 0.3 is 0 Å². The normalized spacial score (nSPS) is 10.7. The van der Waals surface area contributed by atoms with Gasteiger partial charge in [-0.05, 0) is 31.5 Å². The molecule has 0 bridgehead atoms. The third-order valence-electron chi connectivity index (χ3n) is 3.39. The van der Waals surface area contributed by atoms with Crippen LogP contribution in [0.15, 0.2) is 54.7 Å². The van der Waals surface area contributed by atoms with Gasteiger partial charge < -0.3 is 5.11 Å². The summed E-state index contributed by atoms with van der Waals surface area (Å²) in [6, 6.07) is 16.0. The lowest BCUT2D eigenvalue weighted by Gasteiger charge is -2.03. The molecule has 20 heavy (non-hydrogen) atoms. The van der Waals surface area contributed by atoms with Crippen LogP contribution in [0.5, 0.6) is 5.75 Å². The number of hydrogen-bond acceptors (Lipinski definition) is 2. The van der Waals surface area contributed by atoms with Crippen LogP contribution in [-0.2, 0) is 0 Å². The summed E-state index contributed by atoms with van der Waals surface area (Å²) in [5, 5.41) is 14.6. The van der Waals surface area contributed by atoms with E-state index in [1.54, 1.807) is 10.9 Å².